The molecule has 1 saturated heterocycles. The van der Waals surface area contributed by atoms with Gasteiger partial charge >= 0.3 is 0 Å². The Balaban J connectivity index is 1.59. The molecule has 0 radical (unpaired) electrons. The number of nitriles is 1. The second-order valence-electron chi connectivity index (χ2n) is 7.80. The highest BCUT2D eigenvalue weighted by atomic mass is 15.1. The highest BCUT2D eigenvalue weighted by Crippen LogP contribution is 2.32. The molecule has 0 amide bonds. The third-order valence-electron chi connectivity index (χ3n) is 5.96. The van der Waals surface area contributed by atoms with Crippen molar-refractivity contribution in [2.75, 3.05) is 18.0 Å². The van der Waals surface area contributed by atoms with Gasteiger partial charge in [-0.25, -0.2) is 0 Å². The van der Waals surface area contributed by atoms with Crippen LogP contribution in [0.15, 0.2) is 72.8 Å². The molecule has 4 aromatic carbocycles. The van der Waals surface area contributed by atoms with Gasteiger partial charge in [-0.2, -0.15) is 5.26 Å². The van der Waals surface area contributed by atoms with Crippen molar-refractivity contribution in [1.82, 2.24) is 0 Å². The van der Waals surface area contributed by atoms with Crippen LogP contribution in [0.25, 0.3) is 21.5 Å². The van der Waals surface area contributed by atoms with Crippen molar-refractivity contribution >= 4 is 27.2 Å². The zero-order chi connectivity index (χ0) is 20.3. The van der Waals surface area contributed by atoms with Gasteiger partial charge in [-0.1, -0.05) is 60.4 Å². The Kier molecular flexibility index (Phi) is 4.84. The van der Waals surface area contributed by atoms with Crippen molar-refractivity contribution in [3.63, 3.8) is 0 Å². The molecule has 0 saturated carbocycles. The second-order valence-corrected chi connectivity index (χ2v) is 7.80. The maximum absolute atomic E-state index is 9.78. The van der Waals surface area contributed by atoms with Crippen LogP contribution in [0.2, 0.25) is 0 Å². The summed E-state index contributed by atoms with van der Waals surface area (Å²) in [5.41, 5.74) is 4.00. The standard InChI is InChI=1S/C28H22N2/c29-20-28-25-10-4-2-8-23(25)27(24-9-3-5-11-26(24)28)17-14-21-12-15-22(16-13-21)30-18-6-1-7-19-30/h2-5,8-13,15-16H,1,6-7,18-19H2. The van der Waals surface area contributed by atoms with E-state index in [0.29, 0.717) is 0 Å². The largest absolute Gasteiger partial charge is 0.372 e. The molecular weight excluding hydrogens is 364 g/mol. The summed E-state index contributed by atoms with van der Waals surface area (Å²) < 4.78 is 0. The molecule has 0 bridgehead atoms. The van der Waals surface area contributed by atoms with Crippen LogP contribution in [-0.2, 0) is 0 Å². The van der Waals surface area contributed by atoms with Gasteiger partial charge in [0.15, 0.2) is 0 Å². The van der Waals surface area contributed by atoms with Crippen LogP contribution in [-0.4, -0.2) is 13.1 Å². The lowest BCUT2D eigenvalue weighted by molar-refractivity contribution is 0.578. The Morgan fingerprint density at radius 3 is 1.67 bits per heavy atom. The normalized spacial score (nSPS) is 13.6. The van der Waals surface area contributed by atoms with E-state index in [4.69, 9.17) is 0 Å². The van der Waals surface area contributed by atoms with E-state index in [2.05, 4.69) is 59.2 Å². The fourth-order valence-electron chi connectivity index (χ4n) is 4.43. The van der Waals surface area contributed by atoms with Gasteiger partial charge in [-0.05, 0) is 54.3 Å². The van der Waals surface area contributed by atoms with Gasteiger partial charge in [0, 0.05) is 40.7 Å². The van der Waals surface area contributed by atoms with Crippen LogP contribution in [0.1, 0.15) is 36.0 Å². The van der Waals surface area contributed by atoms with Gasteiger partial charge in [0.1, 0.15) is 6.07 Å². The van der Waals surface area contributed by atoms with E-state index in [1.54, 1.807) is 0 Å². The predicted octanol–water partition coefficient (Wildman–Crippen LogP) is 6.25. The average Bonchev–Trinajstić information content (AvgIpc) is 2.82. The number of hydrogen-bond acceptors (Lipinski definition) is 2. The molecule has 1 aliphatic rings. The van der Waals surface area contributed by atoms with E-state index in [0.717, 1.165) is 51.3 Å². The third-order valence-corrected chi connectivity index (χ3v) is 5.96. The van der Waals surface area contributed by atoms with Crippen molar-refractivity contribution in [3.05, 3.63) is 89.5 Å². The van der Waals surface area contributed by atoms with Crippen molar-refractivity contribution in [2.24, 2.45) is 0 Å². The summed E-state index contributed by atoms with van der Waals surface area (Å²) in [6.45, 7) is 2.29. The highest BCUT2D eigenvalue weighted by molar-refractivity contribution is 6.09. The number of benzene rings is 4. The summed E-state index contributed by atoms with van der Waals surface area (Å²) in [5, 5.41) is 13.8. The van der Waals surface area contributed by atoms with E-state index < -0.39 is 0 Å². The molecule has 5 rings (SSSR count). The summed E-state index contributed by atoms with van der Waals surface area (Å²) in [4.78, 5) is 2.46. The first-order valence-electron chi connectivity index (χ1n) is 10.6. The summed E-state index contributed by atoms with van der Waals surface area (Å²) >= 11 is 0. The van der Waals surface area contributed by atoms with Crippen LogP contribution >= 0.6 is 0 Å². The lowest BCUT2D eigenvalue weighted by Gasteiger charge is -2.28. The zero-order valence-corrected chi connectivity index (χ0v) is 16.9. The SMILES string of the molecule is N#Cc1c2ccccc2c(C#Cc2ccc(N3CCCCC3)cc2)c2ccccc12. The quantitative estimate of drug-likeness (QED) is 0.285. The number of nitrogens with zero attached hydrogens (tertiary/aromatic N) is 2. The van der Waals surface area contributed by atoms with Gasteiger partial charge in [-0.3, -0.25) is 0 Å². The molecule has 0 aliphatic carbocycles. The Labute approximate surface area is 177 Å². The number of anilines is 1. The molecule has 0 N–H and O–H groups in total. The minimum atomic E-state index is 0.720. The zero-order valence-electron chi connectivity index (χ0n) is 16.9. The van der Waals surface area contributed by atoms with Crippen LogP contribution in [0.5, 0.6) is 0 Å². The van der Waals surface area contributed by atoms with Gasteiger partial charge in [0.25, 0.3) is 0 Å². The Hall–Kier alpha value is -3.75. The molecule has 0 aromatic heterocycles. The number of fused-ring (bicyclic) bond motifs is 2. The van der Waals surface area contributed by atoms with Gasteiger partial charge in [0.05, 0.1) is 5.56 Å². The van der Waals surface area contributed by atoms with Crippen molar-refractivity contribution < 1.29 is 0 Å². The van der Waals surface area contributed by atoms with E-state index in [-0.39, 0.29) is 0 Å². The van der Waals surface area contributed by atoms with Crippen molar-refractivity contribution in [2.45, 2.75) is 19.3 Å². The summed E-state index contributed by atoms with van der Waals surface area (Å²) in [6.07, 6.45) is 3.90. The maximum Gasteiger partial charge on any atom is 0.100 e. The molecule has 1 fully saturated rings. The van der Waals surface area contributed by atoms with Gasteiger partial charge in [-0.15, -0.1) is 0 Å². The lowest BCUT2D eigenvalue weighted by atomic mass is 9.92. The van der Waals surface area contributed by atoms with E-state index in [9.17, 15) is 5.26 Å². The molecule has 1 aliphatic heterocycles. The number of rotatable bonds is 1. The monoisotopic (exact) mass is 386 g/mol. The maximum atomic E-state index is 9.78. The molecule has 144 valence electrons. The molecule has 2 heteroatoms. The molecule has 0 atom stereocenters. The van der Waals surface area contributed by atoms with E-state index >= 15 is 0 Å². The first-order chi connectivity index (χ1) is 14.8. The summed E-state index contributed by atoms with van der Waals surface area (Å²) in [5.74, 6) is 6.79. The van der Waals surface area contributed by atoms with Crippen LogP contribution in [0.4, 0.5) is 5.69 Å². The van der Waals surface area contributed by atoms with Gasteiger partial charge in [0.2, 0.25) is 0 Å². The summed E-state index contributed by atoms with van der Waals surface area (Å²) in [6, 6.07) is 27.1. The Bertz CT molecular complexity index is 1270. The minimum Gasteiger partial charge on any atom is -0.372 e. The van der Waals surface area contributed by atoms with Crippen molar-refractivity contribution in [3.8, 4) is 17.9 Å². The Morgan fingerprint density at radius 1 is 0.600 bits per heavy atom. The minimum absolute atomic E-state index is 0.720. The van der Waals surface area contributed by atoms with E-state index in [1.165, 1.54) is 24.9 Å². The molecule has 0 unspecified atom stereocenters. The fraction of sp³-hybridized carbons (Fsp3) is 0.179. The lowest BCUT2D eigenvalue weighted by Crippen LogP contribution is -2.29. The second kappa shape index (κ2) is 7.94. The fourth-order valence-corrected chi connectivity index (χ4v) is 4.43. The van der Waals surface area contributed by atoms with Crippen LogP contribution in [0.3, 0.4) is 0 Å². The number of hydrogen-bond donors (Lipinski definition) is 0. The highest BCUT2D eigenvalue weighted by Gasteiger charge is 2.12. The average molecular weight is 386 g/mol. The Morgan fingerprint density at radius 2 is 1.13 bits per heavy atom. The smallest absolute Gasteiger partial charge is 0.100 e. The van der Waals surface area contributed by atoms with Crippen LogP contribution < -0.4 is 4.90 Å². The predicted molar refractivity (Wildman–Crippen MR) is 125 cm³/mol. The van der Waals surface area contributed by atoms with Crippen molar-refractivity contribution in [1.29, 1.82) is 5.26 Å². The summed E-state index contributed by atoms with van der Waals surface area (Å²) in [7, 11) is 0. The molecule has 1 heterocycles. The van der Waals surface area contributed by atoms with Gasteiger partial charge < -0.3 is 4.90 Å². The topological polar surface area (TPSA) is 27.0 Å². The first kappa shape index (κ1) is 18.3. The van der Waals surface area contributed by atoms with Crippen LogP contribution in [0, 0.1) is 23.2 Å². The first-order valence-corrected chi connectivity index (χ1v) is 10.6. The molecule has 2 nitrogen and oxygen atoms in total. The molecular formula is C28H22N2. The van der Waals surface area contributed by atoms with E-state index in [1.807, 2.05) is 36.4 Å². The molecule has 30 heavy (non-hydrogen) atoms. The number of piperidine rings is 1. The molecule has 4 aromatic rings. The molecule has 0 spiro atoms. The third kappa shape index (κ3) is 3.28.